The lowest BCUT2D eigenvalue weighted by Crippen LogP contribution is -2.22. The van der Waals surface area contributed by atoms with Gasteiger partial charge in [-0.3, -0.25) is 0 Å². The molecule has 1 atom stereocenters. The topological polar surface area (TPSA) is 21.3 Å². The van der Waals surface area contributed by atoms with Crippen molar-refractivity contribution in [1.29, 1.82) is 0 Å². The van der Waals surface area contributed by atoms with E-state index < -0.39 is 0 Å². The molecule has 2 nitrogen and oxygen atoms in total. The van der Waals surface area contributed by atoms with E-state index in [1.807, 2.05) is 7.05 Å². The van der Waals surface area contributed by atoms with E-state index >= 15 is 0 Å². The second kappa shape index (κ2) is 8.11. The SMILES string of the molecule is CCCC(CCNC)Oc1cc(Cl)c(Cl)c(Cl)c1. The van der Waals surface area contributed by atoms with Crippen molar-refractivity contribution in [1.82, 2.24) is 5.32 Å². The molecular weight excluding hydrogens is 293 g/mol. The molecule has 0 radical (unpaired) electrons. The second-order valence-corrected chi connectivity index (χ2v) is 5.31. The summed E-state index contributed by atoms with van der Waals surface area (Å²) in [6, 6.07) is 3.41. The Kier molecular flexibility index (Phi) is 7.16. The Balaban J connectivity index is 2.73. The summed E-state index contributed by atoms with van der Waals surface area (Å²) in [5.41, 5.74) is 0. The average Bonchev–Trinajstić information content (AvgIpc) is 2.33. The van der Waals surface area contributed by atoms with Crippen LogP contribution in [0.3, 0.4) is 0 Å². The Hall–Kier alpha value is -0.150. The zero-order chi connectivity index (χ0) is 13.5. The second-order valence-electron chi connectivity index (χ2n) is 4.12. The van der Waals surface area contributed by atoms with Gasteiger partial charge in [-0.05, 0) is 26.4 Å². The molecule has 0 aromatic heterocycles. The number of hydrogen-bond donors (Lipinski definition) is 1. The number of benzene rings is 1. The van der Waals surface area contributed by atoms with Crippen molar-refractivity contribution in [2.45, 2.75) is 32.3 Å². The molecule has 0 bridgehead atoms. The van der Waals surface area contributed by atoms with Crippen molar-refractivity contribution < 1.29 is 4.74 Å². The van der Waals surface area contributed by atoms with Gasteiger partial charge >= 0.3 is 0 Å². The first-order valence-corrected chi connectivity index (χ1v) is 7.17. The zero-order valence-electron chi connectivity index (χ0n) is 10.6. The first kappa shape index (κ1) is 15.9. The van der Waals surface area contributed by atoms with Crippen molar-refractivity contribution in [3.05, 3.63) is 27.2 Å². The summed E-state index contributed by atoms with van der Waals surface area (Å²) in [5.74, 6) is 0.670. The largest absolute Gasteiger partial charge is 0.490 e. The minimum atomic E-state index is 0.163. The molecule has 0 aliphatic carbocycles. The standard InChI is InChI=1S/C13H18Cl3NO/c1-3-4-9(5-6-17-2)18-10-7-11(14)13(16)12(15)8-10/h7-9,17H,3-6H2,1-2H3. The molecule has 0 aliphatic rings. The molecule has 0 heterocycles. The third-order valence-electron chi connectivity index (χ3n) is 2.59. The molecule has 0 saturated heterocycles. The van der Waals surface area contributed by atoms with Crippen LogP contribution >= 0.6 is 34.8 Å². The van der Waals surface area contributed by atoms with Gasteiger partial charge < -0.3 is 10.1 Å². The lowest BCUT2D eigenvalue weighted by Gasteiger charge is -2.19. The van der Waals surface area contributed by atoms with E-state index in [0.29, 0.717) is 20.8 Å². The molecule has 0 saturated carbocycles. The summed E-state index contributed by atoms with van der Waals surface area (Å²) < 4.78 is 5.91. The summed E-state index contributed by atoms with van der Waals surface area (Å²) in [4.78, 5) is 0. The van der Waals surface area contributed by atoms with Crippen LogP contribution < -0.4 is 10.1 Å². The first-order valence-electron chi connectivity index (χ1n) is 6.04. The molecule has 0 aliphatic heterocycles. The van der Waals surface area contributed by atoms with Crippen LogP contribution in [0.2, 0.25) is 15.1 Å². The number of hydrogen-bond acceptors (Lipinski definition) is 2. The van der Waals surface area contributed by atoms with Crippen LogP contribution in [0.5, 0.6) is 5.75 Å². The van der Waals surface area contributed by atoms with Gasteiger partial charge in [0.15, 0.2) is 0 Å². The molecule has 1 rings (SSSR count). The lowest BCUT2D eigenvalue weighted by atomic mass is 10.1. The van der Waals surface area contributed by atoms with E-state index in [2.05, 4.69) is 12.2 Å². The maximum atomic E-state index is 5.98. The molecular formula is C13H18Cl3NO. The quantitative estimate of drug-likeness (QED) is 0.730. The Morgan fingerprint density at radius 2 is 1.78 bits per heavy atom. The Morgan fingerprint density at radius 1 is 1.17 bits per heavy atom. The Morgan fingerprint density at radius 3 is 2.28 bits per heavy atom. The van der Waals surface area contributed by atoms with E-state index in [0.717, 1.165) is 25.8 Å². The predicted octanol–water partition coefficient (Wildman–Crippen LogP) is 4.80. The third-order valence-corrected chi connectivity index (χ3v) is 3.78. The minimum Gasteiger partial charge on any atom is -0.490 e. The molecule has 102 valence electrons. The van der Waals surface area contributed by atoms with Gasteiger partial charge in [0.25, 0.3) is 0 Å². The number of nitrogens with one attached hydrogen (secondary N) is 1. The van der Waals surface area contributed by atoms with Crippen LogP contribution in [0.1, 0.15) is 26.2 Å². The highest BCUT2D eigenvalue weighted by molar-refractivity contribution is 6.48. The van der Waals surface area contributed by atoms with E-state index in [1.54, 1.807) is 12.1 Å². The van der Waals surface area contributed by atoms with Crippen molar-refractivity contribution in [3.63, 3.8) is 0 Å². The van der Waals surface area contributed by atoms with Gasteiger partial charge in [-0.1, -0.05) is 48.1 Å². The molecule has 1 N–H and O–H groups in total. The van der Waals surface area contributed by atoms with Gasteiger partial charge in [0.05, 0.1) is 21.2 Å². The fourth-order valence-electron chi connectivity index (χ4n) is 1.68. The normalized spacial score (nSPS) is 12.5. The van der Waals surface area contributed by atoms with E-state index in [4.69, 9.17) is 39.5 Å². The summed E-state index contributed by atoms with van der Waals surface area (Å²) in [7, 11) is 1.93. The molecule has 5 heteroatoms. The van der Waals surface area contributed by atoms with Gasteiger partial charge in [0.2, 0.25) is 0 Å². The molecule has 1 unspecified atom stereocenters. The molecule has 1 aromatic carbocycles. The van der Waals surface area contributed by atoms with Gasteiger partial charge in [0.1, 0.15) is 5.75 Å². The van der Waals surface area contributed by atoms with Crippen molar-refractivity contribution in [2.24, 2.45) is 0 Å². The molecule has 0 spiro atoms. The third kappa shape index (κ3) is 4.85. The zero-order valence-corrected chi connectivity index (χ0v) is 12.9. The maximum absolute atomic E-state index is 5.98. The first-order chi connectivity index (χ1) is 8.58. The van der Waals surface area contributed by atoms with Gasteiger partial charge in [-0.25, -0.2) is 0 Å². The molecule has 0 amide bonds. The number of ether oxygens (including phenoxy) is 1. The van der Waals surface area contributed by atoms with Crippen LogP contribution in [0.25, 0.3) is 0 Å². The van der Waals surface area contributed by atoms with Crippen LogP contribution in [0, 0.1) is 0 Å². The smallest absolute Gasteiger partial charge is 0.122 e. The van der Waals surface area contributed by atoms with Crippen LogP contribution in [0.4, 0.5) is 0 Å². The summed E-state index contributed by atoms with van der Waals surface area (Å²) in [6.07, 6.45) is 3.18. The monoisotopic (exact) mass is 309 g/mol. The fourth-order valence-corrected chi connectivity index (χ4v) is 2.26. The van der Waals surface area contributed by atoms with Crippen LogP contribution in [-0.2, 0) is 0 Å². The summed E-state index contributed by atoms with van der Waals surface area (Å²) in [5, 5.41) is 4.33. The molecule has 0 fully saturated rings. The predicted molar refractivity (Wildman–Crippen MR) is 79.3 cm³/mol. The van der Waals surface area contributed by atoms with Crippen molar-refractivity contribution in [2.75, 3.05) is 13.6 Å². The molecule has 1 aromatic rings. The van der Waals surface area contributed by atoms with E-state index in [9.17, 15) is 0 Å². The van der Waals surface area contributed by atoms with Crippen LogP contribution in [0.15, 0.2) is 12.1 Å². The number of rotatable bonds is 7. The van der Waals surface area contributed by atoms with Crippen LogP contribution in [-0.4, -0.2) is 19.7 Å². The summed E-state index contributed by atoms with van der Waals surface area (Å²) >= 11 is 17.9. The van der Waals surface area contributed by atoms with Gasteiger partial charge in [0, 0.05) is 12.1 Å². The fraction of sp³-hybridized carbons (Fsp3) is 0.538. The number of halogens is 3. The van der Waals surface area contributed by atoms with E-state index in [1.165, 1.54) is 0 Å². The highest BCUT2D eigenvalue weighted by atomic mass is 35.5. The van der Waals surface area contributed by atoms with E-state index in [-0.39, 0.29) is 6.10 Å². The van der Waals surface area contributed by atoms with Gasteiger partial charge in [-0.2, -0.15) is 0 Å². The average molecular weight is 311 g/mol. The molecule has 18 heavy (non-hydrogen) atoms. The Labute approximate surface area is 124 Å². The Bertz CT molecular complexity index is 361. The van der Waals surface area contributed by atoms with Gasteiger partial charge in [-0.15, -0.1) is 0 Å². The van der Waals surface area contributed by atoms with Crippen molar-refractivity contribution >= 4 is 34.8 Å². The van der Waals surface area contributed by atoms with Crippen molar-refractivity contribution in [3.8, 4) is 5.75 Å². The highest BCUT2D eigenvalue weighted by Gasteiger charge is 2.12. The minimum absolute atomic E-state index is 0.163. The highest BCUT2D eigenvalue weighted by Crippen LogP contribution is 2.34. The summed E-state index contributed by atoms with van der Waals surface area (Å²) in [6.45, 7) is 3.05. The lowest BCUT2D eigenvalue weighted by molar-refractivity contribution is 0.180. The maximum Gasteiger partial charge on any atom is 0.122 e.